The summed E-state index contributed by atoms with van der Waals surface area (Å²) in [5, 5.41) is 0. The Hall–Kier alpha value is 0.424. The third-order valence-corrected chi connectivity index (χ3v) is 2.72. The van der Waals surface area contributed by atoms with Crippen molar-refractivity contribution in [1.29, 1.82) is 1.28 Å². The largest absolute Gasteiger partial charge is 0.419 e. The minimum Gasteiger partial charge on any atom is -0.419 e. The SMILES string of the molecule is [3H][P+](C)(C)C/C(C)=C/C=C/C(C)=C/[C-]=O.[Y]. The fourth-order valence-electron chi connectivity index (χ4n) is 1.06. The first kappa shape index (κ1) is 15.4. The van der Waals surface area contributed by atoms with Crippen molar-refractivity contribution in [3.8, 4) is 0 Å². The van der Waals surface area contributed by atoms with Gasteiger partial charge in [-0.25, -0.2) is 0 Å². The zero-order valence-corrected chi connectivity index (χ0v) is 13.7. The molecule has 81 valence electrons. The topological polar surface area (TPSA) is 17.1 Å². The molecule has 0 unspecified atom stereocenters. The number of hydrogen-bond donors (Lipinski definition) is 0. The number of allylic oxidation sites excluding steroid dienone is 6. The smallest absolute Gasteiger partial charge is 0.268 e. The van der Waals surface area contributed by atoms with E-state index in [2.05, 4.69) is 0 Å². The van der Waals surface area contributed by atoms with Crippen molar-refractivity contribution in [1.82, 2.24) is 0 Å². The van der Waals surface area contributed by atoms with Gasteiger partial charge in [-0.05, 0) is 26.6 Å². The molecule has 3 heteroatoms. The fourth-order valence-corrected chi connectivity index (χ4v) is 2.16. The Balaban J connectivity index is 0. The molecule has 0 bridgehead atoms. The minimum absolute atomic E-state index is 0. The van der Waals surface area contributed by atoms with E-state index >= 15 is 0 Å². The van der Waals surface area contributed by atoms with Crippen LogP contribution in [0.3, 0.4) is 0 Å². The maximum absolute atomic E-state index is 10.0. The molecule has 0 heterocycles. The van der Waals surface area contributed by atoms with Gasteiger partial charge in [0.25, 0.3) is 1.28 Å². The van der Waals surface area contributed by atoms with Crippen LogP contribution in [0, 0.1) is 0 Å². The quantitative estimate of drug-likeness (QED) is 0.330. The summed E-state index contributed by atoms with van der Waals surface area (Å²) in [6.07, 6.45) is 9.77. The monoisotopic (exact) mass is 301 g/mol. The van der Waals surface area contributed by atoms with Crippen LogP contribution < -0.4 is 0 Å². The van der Waals surface area contributed by atoms with Crippen LogP contribution in [0.4, 0.5) is 0 Å². The maximum atomic E-state index is 10.0. The second kappa shape index (κ2) is 10.9. The summed E-state index contributed by atoms with van der Waals surface area (Å²) in [5.74, 6) is 0. The van der Waals surface area contributed by atoms with Crippen LogP contribution in [0.1, 0.15) is 13.8 Å². The van der Waals surface area contributed by atoms with E-state index in [4.69, 9.17) is 1.28 Å². The van der Waals surface area contributed by atoms with E-state index in [0.29, 0.717) is 0 Å². The molecule has 0 aromatic carbocycles. The first-order valence-electron chi connectivity index (χ1n) is 5.04. The summed E-state index contributed by atoms with van der Waals surface area (Å²) in [4.78, 5) is 10.0. The molecule has 0 amide bonds. The summed E-state index contributed by atoms with van der Waals surface area (Å²) < 4.78 is 7.83. The predicted octanol–water partition coefficient (Wildman–Crippen LogP) is 3.02. The van der Waals surface area contributed by atoms with Gasteiger partial charge >= 0.3 is 0 Å². The molecule has 0 saturated heterocycles. The van der Waals surface area contributed by atoms with Crippen molar-refractivity contribution < 1.29 is 37.5 Å². The Morgan fingerprint density at radius 1 is 1.47 bits per heavy atom. The molecular formula is C12H19OPY. The molecule has 0 aliphatic rings. The van der Waals surface area contributed by atoms with Gasteiger partial charge in [0.05, 0.1) is 6.16 Å². The van der Waals surface area contributed by atoms with E-state index in [1.807, 2.05) is 45.4 Å². The van der Waals surface area contributed by atoms with E-state index < -0.39 is 7.87 Å². The molecule has 0 fully saturated rings. The van der Waals surface area contributed by atoms with Crippen molar-refractivity contribution >= 4 is 14.2 Å². The average molecular weight is 301 g/mol. The van der Waals surface area contributed by atoms with E-state index in [0.717, 1.165) is 11.7 Å². The molecule has 0 atom stereocenters. The predicted molar refractivity (Wildman–Crippen MR) is 67.4 cm³/mol. The third-order valence-electron chi connectivity index (χ3n) is 1.59. The molecule has 0 saturated carbocycles. The Labute approximate surface area is 121 Å². The first-order chi connectivity index (χ1) is 6.85. The second-order valence-corrected chi connectivity index (χ2v) is 6.09. The van der Waals surface area contributed by atoms with Gasteiger partial charge in [-0.15, -0.1) is 13.0 Å². The van der Waals surface area contributed by atoms with Gasteiger partial charge in [0.15, 0.2) is 0 Å². The fraction of sp³-hybridized carbons (Fsp3) is 0.417. The molecule has 0 aliphatic carbocycles. The molecule has 0 rings (SSSR count). The van der Waals surface area contributed by atoms with E-state index in [1.54, 1.807) is 6.29 Å². The summed E-state index contributed by atoms with van der Waals surface area (Å²) in [7, 11) is -1.48. The van der Waals surface area contributed by atoms with Crippen molar-refractivity contribution in [2.75, 3.05) is 19.5 Å². The third kappa shape index (κ3) is 12.4. The van der Waals surface area contributed by atoms with Gasteiger partial charge in [0.2, 0.25) is 0 Å². The van der Waals surface area contributed by atoms with Crippen molar-refractivity contribution in [2.45, 2.75) is 13.8 Å². The summed E-state index contributed by atoms with van der Waals surface area (Å²) in [6, 6.07) is 0. The van der Waals surface area contributed by atoms with E-state index in [-0.39, 0.29) is 32.7 Å². The molecule has 0 aromatic heterocycles. The molecule has 0 N–H and O–H groups in total. The zero-order valence-electron chi connectivity index (χ0n) is 10.9. The molecule has 1 radical (unpaired) electrons. The van der Waals surface area contributed by atoms with Crippen LogP contribution in [0.15, 0.2) is 35.5 Å². The normalized spacial score (nSPS) is 14.8. The zero-order chi connectivity index (χ0) is 11.9. The van der Waals surface area contributed by atoms with E-state index in [9.17, 15) is 4.79 Å². The number of rotatable bonds is 5. The number of hydrogen-bond acceptors (Lipinski definition) is 1. The molecule has 15 heavy (non-hydrogen) atoms. The van der Waals surface area contributed by atoms with Gasteiger partial charge in [-0.1, -0.05) is 12.2 Å². The summed E-state index contributed by atoms with van der Waals surface area (Å²) in [6.45, 7) is 7.89. The first-order valence-corrected chi connectivity index (χ1v) is 7.01. The maximum Gasteiger partial charge on any atom is 0.268 e. The Bertz CT molecular complexity index is 301. The van der Waals surface area contributed by atoms with Crippen LogP contribution in [-0.2, 0) is 37.5 Å². The van der Waals surface area contributed by atoms with Crippen molar-refractivity contribution in [2.24, 2.45) is 0 Å². The second-order valence-electron chi connectivity index (χ2n) is 3.62. The van der Waals surface area contributed by atoms with Gasteiger partial charge in [0, 0.05) is 46.0 Å². The Morgan fingerprint density at radius 3 is 2.53 bits per heavy atom. The standard InChI is InChI=1S/C12H18OP.Y/c1-11(8-9-13)6-5-7-12(2)10-14(3)4;/h5-8H,10H2,1-4H3;/q-1;/p+1/b6-5+,11-8+,12-7+;/i/hT. The Morgan fingerprint density at radius 2 is 2.07 bits per heavy atom. The molecule has 0 aliphatic heterocycles. The molecule has 0 aromatic rings. The van der Waals surface area contributed by atoms with Gasteiger partial charge in [-0.2, -0.15) is 11.6 Å². The van der Waals surface area contributed by atoms with Crippen LogP contribution in [0.2, 0.25) is 0 Å². The van der Waals surface area contributed by atoms with Crippen LogP contribution in [-0.4, -0.2) is 27.1 Å². The van der Waals surface area contributed by atoms with Gasteiger partial charge in [-0.3, -0.25) is 0 Å². The number of carbonyl (C=O) groups excluding carboxylic acids is 1. The van der Waals surface area contributed by atoms with Crippen molar-refractivity contribution in [3.05, 3.63) is 35.5 Å². The van der Waals surface area contributed by atoms with Gasteiger partial charge in [0.1, 0.15) is 0 Å². The minimum atomic E-state index is -1.48. The van der Waals surface area contributed by atoms with Crippen LogP contribution in [0.5, 0.6) is 0 Å². The Kier molecular flexibility index (Phi) is 11.2. The molecular weight excluding hydrogens is 280 g/mol. The van der Waals surface area contributed by atoms with Gasteiger partial charge < -0.3 is 4.79 Å². The summed E-state index contributed by atoms with van der Waals surface area (Å²) in [5.41, 5.74) is 2.09. The molecule has 1 nitrogen and oxygen atoms in total. The van der Waals surface area contributed by atoms with Crippen LogP contribution >= 0.6 is 7.87 Å². The average Bonchev–Trinajstić information content (AvgIpc) is 2.00. The van der Waals surface area contributed by atoms with E-state index in [1.165, 1.54) is 11.6 Å². The van der Waals surface area contributed by atoms with Crippen molar-refractivity contribution in [3.63, 3.8) is 0 Å². The summed E-state index contributed by atoms with van der Waals surface area (Å²) >= 11 is 0. The molecule has 0 spiro atoms. The van der Waals surface area contributed by atoms with Crippen LogP contribution in [0.25, 0.3) is 0 Å².